The first-order chi connectivity index (χ1) is 7.11. The van der Waals surface area contributed by atoms with Gasteiger partial charge in [0, 0.05) is 11.3 Å². The second kappa shape index (κ2) is 3.48. The van der Waals surface area contributed by atoms with E-state index in [1.807, 2.05) is 0 Å². The molecule has 78 valence electrons. The fourth-order valence-corrected chi connectivity index (χ4v) is 1.98. The largest absolute Gasteiger partial charge is 0.382 e. The Morgan fingerprint density at radius 3 is 2.60 bits per heavy atom. The maximum Gasteiger partial charge on any atom is 0.270 e. The molecule has 0 saturated heterocycles. The van der Waals surface area contributed by atoms with Crippen molar-refractivity contribution in [3.63, 3.8) is 0 Å². The maximum absolute atomic E-state index is 11.3. The lowest BCUT2D eigenvalue weighted by molar-refractivity contribution is -0.110. The normalized spacial score (nSPS) is 19.4. The van der Waals surface area contributed by atoms with Crippen LogP contribution in [0.3, 0.4) is 0 Å². The third-order valence-corrected chi connectivity index (χ3v) is 2.92. The summed E-state index contributed by atoms with van der Waals surface area (Å²) in [5, 5.41) is 12.1. The average molecular weight is 225 g/mol. The zero-order valence-electron chi connectivity index (χ0n) is 7.47. The van der Waals surface area contributed by atoms with Crippen LogP contribution in [0.4, 0.5) is 5.69 Å². The smallest absolute Gasteiger partial charge is 0.270 e. The summed E-state index contributed by atoms with van der Waals surface area (Å²) in [5.41, 5.74) is 0.820. The van der Waals surface area contributed by atoms with Crippen LogP contribution in [0.5, 0.6) is 0 Å². The quantitative estimate of drug-likeness (QED) is 0.595. The van der Waals surface area contributed by atoms with Gasteiger partial charge in [-0.05, 0) is 6.07 Å². The fourth-order valence-electron chi connectivity index (χ4n) is 1.47. The van der Waals surface area contributed by atoms with Crippen molar-refractivity contribution in [1.82, 2.24) is 0 Å². The zero-order chi connectivity index (χ0) is 11.0. The van der Waals surface area contributed by atoms with Crippen LogP contribution in [0, 0.1) is 0 Å². The van der Waals surface area contributed by atoms with E-state index in [9.17, 15) is 18.3 Å². The molecule has 1 aliphatic rings. The first-order valence-corrected chi connectivity index (χ1v) is 5.23. The van der Waals surface area contributed by atoms with Gasteiger partial charge in [-0.1, -0.05) is 18.2 Å². The molecule has 6 heteroatoms. The van der Waals surface area contributed by atoms with E-state index in [4.69, 9.17) is 0 Å². The number of fused-ring (bicyclic) bond motifs is 1. The van der Waals surface area contributed by atoms with Gasteiger partial charge in [-0.15, -0.1) is 0 Å². The summed E-state index contributed by atoms with van der Waals surface area (Å²) < 4.78 is 21.5. The number of aliphatic hydroxyl groups is 1. The number of para-hydroxylation sites is 1. The molecule has 0 saturated carbocycles. The molecule has 2 N–H and O–H groups in total. The van der Waals surface area contributed by atoms with Crippen LogP contribution in [-0.4, -0.2) is 24.3 Å². The lowest BCUT2D eigenvalue weighted by Gasteiger charge is -2.21. The van der Waals surface area contributed by atoms with Crippen molar-refractivity contribution in [1.29, 1.82) is 0 Å². The maximum atomic E-state index is 11.3. The van der Waals surface area contributed by atoms with Gasteiger partial charge in [-0.3, -0.25) is 4.79 Å². The van der Waals surface area contributed by atoms with Gasteiger partial charge in [0.25, 0.3) is 5.91 Å². The van der Waals surface area contributed by atoms with Crippen molar-refractivity contribution in [3.05, 3.63) is 29.8 Å². The predicted octanol–water partition coefficient (Wildman–Crippen LogP) is -0.276. The second-order valence-electron chi connectivity index (χ2n) is 3.04. The molecule has 0 aliphatic carbocycles. The molecule has 15 heavy (non-hydrogen) atoms. The lowest BCUT2D eigenvalue weighted by atomic mass is 10.0. The van der Waals surface area contributed by atoms with Gasteiger partial charge in [0.2, 0.25) is 10.3 Å². The Bertz CT molecular complexity index is 553. The third kappa shape index (κ3) is 1.53. The molecular weight excluding hydrogens is 218 g/mol. The number of carbonyl (C=O) groups excluding carboxylic acids is 1. The molecule has 1 aromatic rings. The summed E-state index contributed by atoms with van der Waals surface area (Å²) in [6, 6.07) is 6.50. The summed E-state index contributed by atoms with van der Waals surface area (Å²) in [5.74, 6) is -0.783. The Balaban J connectivity index is 2.68. The highest BCUT2D eigenvalue weighted by atomic mass is 32.2. The molecule has 1 amide bonds. The summed E-state index contributed by atoms with van der Waals surface area (Å²) >= 11 is 0. The monoisotopic (exact) mass is 225 g/mol. The van der Waals surface area contributed by atoms with Crippen molar-refractivity contribution in [2.24, 2.45) is 0 Å². The van der Waals surface area contributed by atoms with Crippen molar-refractivity contribution in [3.8, 4) is 0 Å². The van der Waals surface area contributed by atoms with Crippen LogP contribution in [-0.2, 0) is 15.1 Å². The minimum Gasteiger partial charge on any atom is -0.382 e. The molecule has 1 aliphatic heterocycles. The van der Waals surface area contributed by atoms with Crippen LogP contribution < -0.4 is 5.32 Å². The Hall–Kier alpha value is -1.66. The van der Waals surface area contributed by atoms with Gasteiger partial charge in [-0.2, -0.15) is 8.42 Å². The Labute approximate surface area is 86.9 Å². The Kier molecular flexibility index (Phi) is 2.29. The summed E-state index contributed by atoms with van der Waals surface area (Å²) in [4.78, 5) is 10.8. The van der Waals surface area contributed by atoms with Crippen LogP contribution >= 0.6 is 0 Å². The molecule has 1 heterocycles. The van der Waals surface area contributed by atoms with E-state index in [0.717, 1.165) is 0 Å². The van der Waals surface area contributed by atoms with E-state index in [1.165, 1.54) is 0 Å². The standard InChI is InChI=1S/C9H7NO4S/c11-7-5-3-1-2-4-6(5)10-9(12)8(7)15(13)14/h1-4,7,11H,(H,10,12). The van der Waals surface area contributed by atoms with Gasteiger partial charge in [0.05, 0.1) is 0 Å². The number of hydrogen-bond acceptors (Lipinski definition) is 4. The molecule has 0 bridgehead atoms. The molecule has 0 spiro atoms. The van der Waals surface area contributed by atoms with E-state index in [1.54, 1.807) is 24.3 Å². The summed E-state index contributed by atoms with van der Waals surface area (Å²) in [6.45, 7) is 0. The SMILES string of the molecule is O=C1Nc2ccccc2C(O)C1=S(=O)=O. The van der Waals surface area contributed by atoms with Crippen LogP contribution in [0.25, 0.3) is 0 Å². The minimum absolute atomic E-state index is 0.385. The van der Waals surface area contributed by atoms with Gasteiger partial charge in [0.15, 0.2) is 4.86 Å². The molecule has 0 aromatic heterocycles. The predicted molar refractivity (Wildman–Crippen MR) is 54.0 cm³/mol. The molecule has 1 atom stereocenters. The Morgan fingerprint density at radius 2 is 1.93 bits per heavy atom. The highest BCUT2D eigenvalue weighted by molar-refractivity contribution is 7.75. The summed E-state index contributed by atoms with van der Waals surface area (Å²) in [7, 11) is -2.71. The van der Waals surface area contributed by atoms with Gasteiger partial charge in [0.1, 0.15) is 6.10 Å². The first kappa shape index (κ1) is 9.88. The minimum atomic E-state index is -2.71. The second-order valence-corrected chi connectivity index (χ2v) is 3.95. The number of carbonyl (C=O) groups is 1. The first-order valence-electron chi connectivity index (χ1n) is 4.15. The molecule has 1 aromatic carbocycles. The van der Waals surface area contributed by atoms with Gasteiger partial charge < -0.3 is 10.4 Å². The molecule has 0 fully saturated rings. The Morgan fingerprint density at radius 1 is 1.27 bits per heavy atom. The van der Waals surface area contributed by atoms with E-state index >= 15 is 0 Å². The van der Waals surface area contributed by atoms with E-state index in [-0.39, 0.29) is 0 Å². The van der Waals surface area contributed by atoms with E-state index in [2.05, 4.69) is 5.32 Å². The molecular formula is C9H7NO4S. The fraction of sp³-hybridized carbons (Fsp3) is 0.111. The van der Waals surface area contributed by atoms with Crippen molar-refractivity contribution in [2.45, 2.75) is 6.10 Å². The van der Waals surface area contributed by atoms with E-state index in [0.29, 0.717) is 11.3 Å². The van der Waals surface area contributed by atoms with Crippen LogP contribution in [0.1, 0.15) is 11.7 Å². The molecule has 2 rings (SSSR count). The highest BCUT2D eigenvalue weighted by Crippen LogP contribution is 2.27. The molecule has 5 nitrogen and oxygen atoms in total. The number of anilines is 1. The van der Waals surface area contributed by atoms with Gasteiger partial charge in [-0.25, -0.2) is 0 Å². The third-order valence-electron chi connectivity index (χ3n) is 2.16. The summed E-state index contributed by atoms with van der Waals surface area (Å²) in [6.07, 6.45) is -1.38. The topological polar surface area (TPSA) is 83.5 Å². The lowest BCUT2D eigenvalue weighted by Crippen LogP contribution is -2.34. The number of aliphatic hydroxyl groups excluding tert-OH is 1. The van der Waals surface area contributed by atoms with Crippen LogP contribution in [0.2, 0.25) is 0 Å². The van der Waals surface area contributed by atoms with Crippen molar-refractivity contribution >= 4 is 26.8 Å². The molecule has 0 radical (unpaired) electrons. The van der Waals surface area contributed by atoms with Crippen molar-refractivity contribution < 1.29 is 18.3 Å². The number of hydrogen-bond donors (Lipinski definition) is 2. The van der Waals surface area contributed by atoms with Crippen molar-refractivity contribution in [2.75, 3.05) is 5.32 Å². The molecule has 1 unspecified atom stereocenters. The number of nitrogens with one attached hydrogen (secondary N) is 1. The van der Waals surface area contributed by atoms with Gasteiger partial charge >= 0.3 is 0 Å². The number of rotatable bonds is 0. The zero-order valence-corrected chi connectivity index (χ0v) is 8.28. The average Bonchev–Trinajstić information content (AvgIpc) is 2.17. The number of benzene rings is 1. The van der Waals surface area contributed by atoms with Crippen LogP contribution in [0.15, 0.2) is 24.3 Å². The van der Waals surface area contributed by atoms with E-state index < -0.39 is 27.2 Å². The highest BCUT2D eigenvalue weighted by Gasteiger charge is 2.31. The number of amides is 1.